The van der Waals surface area contributed by atoms with Crippen molar-refractivity contribution in [3.63, 3.8) is 0 Å². The average molecular weight is 289 g/mol. The van der Waals surface area contributed by atoms with Crippen molar-refractivity contribution < 1.29 is 4.74 Å². The van der Waals surface area contributed by atoms with Gasteiger partial charge in [-0.15, -0.1) is 0 Å². The van der Waals surface area contributed by atoms with E-state index in [2.05, 4.69) is 44.3 Å². The van der Waals surface area contributed by atoms with Crippen LogP contribution in [0.1, 0.15) is 69.5 Å². The van der Waals surface area contributed by atoms with E-state index in [1.165, 1.54) is 49.7 Å². The second-order valence-electron chi connectivity index (χ2n) is 6.37. The fourth-order valence-corrected chi connectivity index (χ4v) is 3.45. The minimum Gasteiger partial charge on any atom is -0.494 e. The van der Waals surface area contributed by atoms with Gasteiger partial charge >= 0.3 is 0 Å². The van der Waals surface area contributed by atoms with Crippen molar-refractivity contribution in [1.29, 1.82) is 0 Å². The fourth-order valence-electron chi connectivity index (χ4n) is 3.45. The molecule has 1 unspecified atom stereocenters. The molecule has 0 bridgehead atoms. The molecule has 1 aromatic rings. The summed E-state index contributed by atoms with van der Waals surface area (Å²) in [5, 5.41) is 3.76. The van der Waals surface area contributed by atoms with E-state index in [1.54, 1.807) is 0 Å². The predicted octanol–water partition coefficient (Wildman–Crippen LogP) is 5.01. The molecule has 2 heteroatoms. The van der Waals surface area contributed by atoms with Gasteiger partial charge in [-0.05, 0) is 45.2 Å². The van der Waals surface area contributed by atoms with Crippen molar-refractivity contribution in [3.8, 4) is 5.75 Å². The van der Waals surface area contributed by atoms with Crippen molar-refractivity contribution in [1.82, 2.24) is 5.32 Å². The number of aryl methyl sites for hydroxylation is 1. The molecule has 0 amide bonds. The van der Waals surface area contributed by atoms with Gasteiger partial charge in [-0.2, -0.15) is 0 Å². The molecule has 0 radical (unpaired) electrons. The molecule has 0 aromatic heterocycles. The zero-order valence-corrected chi connectivity index (χ0v) is 14.0. The highest BCUT2D eigenvalue weighted by Crippen LogP contribution is 2.36. The molecule has 1 aromatic carbocycles. The molecule has 1 aliphatic rings. The number of ether oxygens (including phenoxy) is 1. The van der Waals surface area contributed by atoms with Gasteiger partial charge in [0.25, 0.3) is 0 Å². The summed E-state index contributed by atoms with van der Waals surface area (Å²) in [5.41, 5.74) is 2.68. The molecule has 0 spiro atoms. The quantitative estimate of drug-likeness (QED) is 0.726. The molecule has 21 heavy (non-hydrogen) atoms. The Morgan fingerprint density at radius 2 is 2.00 bits per heavy atom. The molecule has 0 heterocycles. The van der Waals surface area contributed by atoms with Crippen LogP contribution in [0.25, 0.3) is 0 Å². The second-order valence-corrected chi connectivity index (χ2v) is 6.37. The van der Waals surface area contributed by atoms with E-state index in [0.29, 0.717) is 6.04 Å². The summed E-state index contributed by atoms with van der Waals surface area (Å²) in [7, 11) is 0. The van der Waals surface area contributed by atoms with Gasteiger partial charge in [0, 0.05) is 11.6 Å². The van der Waals surface area contributed by atoms with Crippen molar-refractivity contribution >= 4 is 0 Å². The summed E-state index contributed by atoms with van der Waals surface area (Å²) in [6.07, 6.45) is 8.06. The number of nitrogens with one attached hydrogen (secondary N) is 1. The molecular weight excluding hydrogens is 258 g/mol. The highest BCUT2D eigenvalue weighted by Gasteiger charge is 2.23. The number of rotatable bonds is 8. The summed E-state index contributed by atoms with van der Waals surface area (Å²) in [6.45, 7) is 8.29. The highest BCUT2D eigenvalue weighted by molar-refractivity contribution is 5.39. The Labute approximate surface area is 130 Å². The van der Waals surface area contributed by atoms with E-state index < -0.39 is 0 Å². The minimum atomic E-state index is 0.439. The van der Waals surface area contributed by atoms with Gasteiger partial charge in [0.1, 0.15) is 5.75 Å². The average Bonchev–Trinajstić information content (AvgIpc) is 2.98. The van der Waals surface area contributed by atoms with Gasteiger partial charge in [-0.3, -0.25) is 0 Å². The van der Waals surface area contributed by atoms with E-state index >= 15 is 0 Å². The first-order chi connectivity index (χ1) is 10.2. The number of benzene rings is 1. The van der Waals surface area contributed by atoms with Crippen LogP contribution in [0, 0.1) is 12.8 Å². The third-order valence-corrected chi connectivity index (χ3v) is 4.53. The fraction of sp³-hybridized carbons (Fsp3) is 0.684. The maximum Gasteiger partial charge on any atom is 0.124 e. The van der Waals surface area contributed by atoms with Crippen LogP contribution < -0.4 is 10.1 Å². The smallest absolute Gasteiger partial charge is 0.124 e. The monoisotopic (exact) mass is 289 g/mol. The van der Waals surface area contributed by atoms with Crippen LogP contribution in [0.5, 0.6) is 5.75 Å². The minimum absolute atomic E-state index is 0.439. The largest absolute Gasteiger partial charge is 0.494 e. The summed E-state index contributed by atoms with van der Waals surface area (Å²) in [5.74, 6) is 1.95. The maximum absolute atomic E-state index is 5.88. The Morgan fingerprint density at radius 1 is 1.24 bits per heavy atom. The Hall–Kier alpha value is -1.02. The van der Waals surface area contributed by atoms with Gasteiger partial charge < -0.3 is 10.1 Å². The lowest BCUT2D eigenvalue weighted by Gasteiger charge is -2.25. The van der Waals surface area contributed by atoms with Crippen molar-refractivity contribution in [2.24, 2.45) is 5.92 Å². The molecule has 1 N–H and O–H groups in total. The Morgan fingerprint density at radius 3 is 2.67 bits per heavy atom. The zero-order valence-electron chi connectivity index (χ0n) is 14.0. The number of hydrogen-bond donors (Lipinski definition) is 1. The molecule has 0 saturated heterocycles. The molecule has 1 atom stereocenters. The van der Waals surface area contributed by atoms with Gasteiger partial charge in [-0.1, -0.05) is 50.3 Å². The van der Waals surface area contributed by atoms with Crippen molar-refractivity contribution in [3.05, 3.63) is 29.3 Å². The SMILES string of the molecule is CCCNC(CC1CCCC1)c1cc(C)ccc1OCC. The van der Waals surface area contributed by atoms with Crippen LogP contribution in [-0.4, -0.2) is 13.2 Å². The summed E-state index contributed by atoms with van der Waals surface area (Å²) >= 11 is 0. The maximum atomic E-state index is 5.88. The summed E-state index contributed by atoms with van der Waals surface area (Å²) in [6, 6.07) is 7.05. The summed E-state index contributed by atoms with van der Waals surface area (Å²) in [4.78, 5) is 0. The third-order valence-electron chi connectivity index (χ3n) is 4.53. The van der Waals surface area contributed by atoms with Gasteiger partial charge in [-0.25, -0.2) is 0 Å². The zero-order chi connectivity index (χ0) is 15.1. The molecule has 0 aliphatic heterocycles. The van der Waals surface area contributed by atoms with Crippen LogP contribution in [-0.2, 0) is 0 Å². The molecule has 1 fully saturated rings. The standard InChI is InChI=1S/C19H31NO/c1-4-12-20-18(14-16-8-6-7-9-16)17-13-15(3)10-11-19(17)21-5-2/h10-11,13,16,18,20H,4-9,12,14H2,1-3H3. The molecule has 1 saturated carbocycles. The molecule has 2 rings (SSSR count). The normalized spacial score (nSPS) is 17.1. The summed E-state index contributed by atoms with van der Waals surface area (Å²) < 4.78 is 5.88. The van der Waals surface area contributed by atoms with Gasteiger partial charge in [0.2, 0.25) is 0 Å². The van der Waals surface area contributed by atoms with Gasteiger partial charge in [0.05, 0.1) is 6.61 Å². The second kappa shape index (κ2) is 8.43. The first kappa shape index (κ1) is 16.4. The lowest BCUT2D eigenvalue weighted by Crippen LogP contribution is -2.24. The van der Waals surface area contributed by atoms with Crippen LogP contribution in [0.2, 0.25) is 0 Å². The highest BCUT2D eigenvalue weighted by atomic mass is 16.5. The first-order valence-corrected chi connectivity index (χ1v) is 8.71. The van der Waals surface area contributed by atoms with Gasteiger partial charge in [0.15, 0.2) is 0 Å². The van der Waals surface area contributed by atoms with Crippen molar-refractivity contribution in [2.75, 3.05) is 13.2 Å². The van der Waals surface area contributed by atoms with Crippen molar-refractivity contribution in [2.45, 2.75) is 65.3 Å². The molecule has 2 nitrogen and oxygen atoms in total. The Kier molecular flexibility index (Phi) is 6.56. The van der Waals surface area contributed by atoms with E-state index in [0.717, 1.165) is 24.8 Å². The third kappa shape index (κ3) is 4.74. The van der Waals surface area contributed by atoms with Crippen LogP contribution in [0.4, 0.5) is 0 Å². The van der Waals surface area contributed by atoms with Crippen LogP contribution >= 0.6 is 0 Å². The lowest BCUT2D eigenvalue weighted by atomic mass is 9.92. The number of hydrogen-bond acceptors (Lipinski definition) is 2. The van der Waals surface area contributed by atoms with E-state index in [1.807, 2.05) is 0 Å². The lowest BCUT2D eigenvalue weighted by molar-refractivity contribution is 0.323. The molecule has 118 valence electrons. The van der Waals surface area contributed by atoms with E-state index in [-0.39, 0.29) is 0 Å². The van der Waals surface area contributed by atoms with E-state index in [4.69, 9.17) is 4.74 Å². The molecular formula is C19H31NO. The Balaban J connectivity index is 2.18. The van der Waals surface area contributed by atoms with E-state index in [9.17, 15) is 0 Å². The molecule has 1 aliphatic carbocycles. The predicted molar refractivity (Wildman–Crippen MR) is 90.0 cm³/mol. The van der Waals surface area contributed by atoms with Crippen LogP contribution in [0.15, 0.2) is 18.2 Å². The topological polar surface area (TPSA) is 21.3 Å². The van der Waals surface area contributed by atoms with Crippen LogP contribution in [0.3, 0.4) is 0 Å². The Bertz CT molecular complexity index is 424. The first-order valence-electron chi connectivity index (χ1n) is 8.71.